The summed E-state index contributed by atoms with van der Waals surface area (Å²) < 4.78 is 0. The van der Waals surface area contributed by atoms with Crippen LogP contribution >= 0.6 is 0 Å². The minimum atomic E-state index is 0.617. The number of hydrogen-bond acceptors (Lipinski definition) is 0. The van der Waals surface area contributed by atoms with Gasteiger partial charge in [0.25, 0.3) is 0 Å². The largest absolute Gasteiger partial charge is 0.0654 e. The summed E-state index contributed by atoms with van der Waals surface area (Å²) in [4.78, 5) is 0. The molecule has 0 saturated carbocycles. The van der Waals surface area contributed by atoms with Crippen molar-refractivity contribution in [1.82, 2.24) is 0 Å². The monoisotopic (exact) mass is 240 g/mol. The molecule has 17 heavy (non-hydrogen) atoms. The Morgan fingerprint density at radius 1 is 0.824 bits per heavy atom. The third kappa shape index (κ3) is 8.69. The zero-order chi connectivity index (χ0) is 13.1. The smallest absolute Gasteiger partial charge is 0.0328 e. The molecule has 0 aliphatic rings. The first-order valence-electron chi connectivity index (χ1n) is 8.08. The normalized spacial score (nSPS) is 16.8. The van der Waals surface area contributed by atoms with Crippen molar-refractivity contribution in [3.8, 4) is 0 Å². The minimum absolute atomic E-state index is 0.617. The molecule has 0 N–H and O–H groups in total. The second kappa shape index (κ2) is 9.97. The zero-order valence-electron chi connectivity index (χ0n) is 13.1. The molecule has 0 fully saturated rings. The van der Waals surface area contributed by atoms with Crippen LogP contribution in [0.5, 0.6) is 0 Å². The Balaban J connectivity index is 3.69. The van der Waals surface area contributed by atoms with E-state index in [1.807, 2.05) is 0 Å². The molecule has 2 unspecified atom stereocenters. The molecule has 0 heteroatoms. The molecular weight excluding hydrogens is 204 g/mol. The van der Waals surface area contributed by atoms with Crippen molar-refractivity contribution in [2.24, 2.45) is 11.3 Å². The minimum Gasteiger partial charge on any atom is -0.0654 e. The summed E-state index contributed by atoms with van der Waals surface area (Å²) in [5, 5.41) is 0. The highest BCUT2D eigenvalue weighted by molar-refractivity contribution is 4.73. The van der Waals surface area contributed by atoms with Crippen molar-refractivity contribution < 1.29 is 0 Å². The van der Waals surface area contributed by atoms with Crippen molar-refractivity contribution in [1.29, 1.82) is 0 Å². The van der Waals surface area contributed by atoms with E-state index in [1.165, 1.54) is 64.2 Å². The lowest BCUT2D eigenvalue weighted by molar-refractivity contribution is 0.231. The first-order valence-corrected chi connectivity index (χ1v) is 8.08. The van der Waals surface area contributed by atoms with Crippen LogP contribution in [0.25, 0.3) is 0 Å². The van der Waals surface area contributed by atoms with E-state index in [0.717, 1.165) is 5.92 Å². The molecule has 0 spiro atoms. The Bertz CT molecular complexity index is 161. The summed E-state index contributed by atoms with van der Waals surface area (Å²) >= 11 is 0. The fourth-order valence-electron chi connectivity index (χ4n) is 2.74. The average molecular weight is 240 g/mol. The van der Waals surface area contributed by atoms with Crippen molar-refractivity contribution in [3.63, 3.8) is 0 Å². The summed E-state index contributed by atoms with van der Waals surface area (Å²) in [5.74, 6) is 0.939. The highest BCUT2D eigenvalue weighted by Gasteiger charge is 2.21. The Hall–Kier alpha value is 0. The average Bonchev–Trinajstić information content (AvgIpc) is 2.32. The van der Waals surface area contributed by atoms with Gasteiger partial charge in [-0.25, -0.2) is 0 Å². The molecule has 0 aliphatic heterocycles. The Morgan fingerprint density at radius 3 is 2.06 bits per heavy atom. The third-order valence-electron chi connectivity index (χ3n) is 4.50. The molecule has 0 aromatic rings. The maximum Gasteiger partial charge on any atom is -0.0328 e. The van der Waals surface area contributed by atoms with E-state index in [2.05, 4.69) is 34.6 Å². The van der Waals surface area contributed by atoms with Gasteiger partial charge in [-0.2, -0.15) is 0 Å². The molecule has 0 heterocycles. The number of rotatable bonds is 11. The molecule has 0 aromatic heterocycles. The van der Waals surface area contributed by atoms with E-state index in [4.69, 9.17) is 0 Å². The van der Waals surface area contributed by atoms with Gasteiger partial charge in [0, 0.05) is 0 Å². The van der Waals surface area contributed by atoms with Crippen LogP contribution in [0.2, 0.25) is 0 Å². The molecule has 104 valence electrons. The SMILES string of the molecule is CCCCCCC(C)CCC(C)(CC)CCC. The van der Waals surface area contributed by atoms with Gasteiger partial charge < -0.3 is 0 Å². The molecular formula is C17H36. The lowest BCUT2D eigenvalue weighted by Gasteiger charge is -2.29. The Morgan fingerprint density at radius 2 is 1.53 bits per heavy atom. The van der Waals surface area contributed by atoms with Crippen LogP contribution in [0.3, 0.4) is 0 Å². The number of unbranched alkanes of at least 4 members (excludes halogenated alkanes) is 3. The second-order valence-corrected chi connectivity index (χ2v) is 6.41. The molecule has 0 amide bonds. The molecule has 0 aliphatic carbocycles. The second-order valence-electron chi connectivity index (χ2n) is 6.41. The molecule has 0 bridgehead atoms. The van der Waals surface area contributed by atoms with Gasteiger partial charge in [0.2, 0.25) is 0 Å². The van der Waals surface area contributed by atoms with Crippen LogP contribution in [0.1, 0.15) is 98.8 Å². The van der Waals surface area contributed by atoms with Gasteiger partial charge >= 0.3 is 0 Å². The highest BCUT2D eigenvalue weighted by Crippen LogP contribution is 2.34. The fraction of sp³-hybridized carbons (Fsp3) is 1.00. The van der Waals surface area contributed by atoms with Crippen molar-refractivity contribution >= 4 is 0 Å². The van der Waals surface area contributed by atoms with Crippen LogP contribution in [0, 0.1) is 11.3 Å². The number of hydrogen-bond donors (Lipinski definition) is 0. The van der Waals surface area contributed by atoms with Gasteiger partial charge in [-0.3, -0.25) is 0 Å². The predicted molar refractivity (Wildman–Crippen MR) is 80.5 cm³/mol. The van der Waals surface area contributed by atoms with Crippen LogP contribution in [0.4, 0.5) is 0 Å². The molecule has 0 aromatic carbocycles. The van der Waals surface area contributed by atoms with Crippen molar-refractivity contribution in [2.75, 3.05) is 0 Å². The van der Waals surface area contributed by atoms with Gasteiger partial charge in [-0.15, -0.1) is 0 Å². The van der Waals surface area contributed by atoms with E-state index in [0.29, 0.717) is 5.41 Å². The van der Waals surface area contributed by atoms with E-state index in [9.17, 15) is 0 Å². The predicted octanol–water partition coefficient (Wildman–Crippen LogP) is 6.59. The Labute approximate surface area is 111 Å². The Kier molecular flexibility index (Phi) is 9.97. The summed E-state index contributed by atoms with van der Waals surface area (Å²) in [6.45, 7) is 11.9. The lowest BCUT2D eigenvalue weighted by Crippen LogP contribution is -2.16. The van der Waals surface area contributed by atoms with Crippen LogP contribution < -0.4 is 0 Å². The van der Waals surface area contributed by atoms with Crippen LogP contribution in [0.15, 0.2) is 0 Å². The van der Waals surface area contributed by atoms with Gasteiger partial charge in [-0.05, 0) is 24.2 Å². The van der Waals surface area contributed by atoms with Crippen molar-refractivity contribution in [2.45, 2.75) is 98.8 Å². The standard InChI is InChI=1S/C17H36/c1-6-9-10-11-12-16(4)13-15-17(5,8-3)14-7-2/h16H,6-15H2,1-5H3. The fourth-order valence-corrected chi connectivity index (χ4v) is 2.74. The van der Waals surface area contributed by atoms with Gasteiger partial charge in [0.05, 0.1) is 0 Å². The first kappa shape index (κ1) is 17.0. The third-order valence-corrected chi connectivity index (χ3v) is 4.50. The molecule has 0 saturated heterocycles. The van der Waals surface area contributed by atoms with Crippen molar-refractivity contribution in [3.05, 3.63) is 0 Å². The summed E-state index contributed by atoms with van der Waals surface area (Å²) in [6.07, 6.45) is 14.1. The maximum atomic E-state index is 2.49. The summed E-state index contributed by atoms with van der Waals surface area (Å²) in [6, 6.07) is 0. The van der Waals surface area contributed by atoms with Crippen LogP contribution in [-0.4, -0.2) is 0 Å². The summed E-state index contributed by atoms with van der Waals surface area (Å²) in [7, 11) is 0. The molecule has 0 radical (unpaired) electrons. The zero-order valence-corrected chi connectivity index (χ0v) is 13.1. The topological polar surface area (TPSA) is 0 Å². The van der Waals surface area contributed by atoms with E-state index < -0.39 is 0 Å². The molecule has 2 atom stereocenters. The van der Waals surface area contributed by atoms with Gasteiger partial charge in [0.1, 0.15) is 0 Å². The lowest BCUT2D eigenvalue weighted by atomic mass is 9.77. The maximum absolute atomic E-state index is 2.49. The van der Waals surface area contributed by atoms with Gasteiger partial charge in [0.15, 0.2) is 0 Å². The van der Waals surface area contributed by atoms with E-state index >= 15 is 0 Å². The molecule has 0 rings (SSSR count). The highest BCUT2D eigenvalue weighted by atomic mass is 14.3. The van der Waals surface area contributed by atoms with E-state index in [1.54, 1.807) is 0 Å². The van der Waals surface area contributed by atoms with E-state index in [-0.39, 0.29) is 0 Å². The van der Waals surface area contributed by atoms with Crippen LogP contribution in [-0.2, 0) is 0 Å². The quantitative estimate of drug-likeness (QED) is 0.357. The first-order chi connectivity index (χ1) is 8.08. The summed E-state index contributed by atoms with van der Waals surface area (Å²) in [5.41, 5.74) is 0.617. The van der Waals surface area contributed by atoms with Gasteiger partial charge in [-0.1, -0.05) is 86.0 Å². The molecule has 0 nitrogen and oxygen atoms in total.